The molecular formula is C14H21BrN2O. The van der Waals surface area contributed by atoms with Gasteiger partial charge in [-0.15, -0.1) is 0 Å². The normalized spacial score (nSPS) is 24.9. The third kappa shape index (κ3) is 3.25. The fourth-order valence-corrected chi connectivity index (χ4v) is 2.91. The Morgan fingerprint density at radius 3 is 2.78 bits per heavy atom. The van der Waals surface area contributed by atoms with Crippen LogP contribution in [0.2, 0.25) is 0 Å². The van der Waals surface area contributed by atoms with Crippen LogP contribution in [-0.4, -0.2) is 36.9 Å². The smallest absolute Gasteiger partial charge is 0.0451 e. The van der Waals surface area contributed by atoms with E-state index in [0.29, 0.717) is 12.1 Å². The van der Waals surface area contributed by atoms with Crippen molar-refractivity contribution in [3.05, 3.63) is 28.7 Å². The Bertz CT molecular complexity index is 369. The van der Waals surface area contributed by atoms with Gasteiger partial charge in [0.15, 0.2) is 0 Å². The zero-order chi connectivity index (χ0) is 13.0. The first-order valence-corrected chi connectivity index (χ1v) is 7.37. The summed E-state index contributed by atoms with van der Waals surface area (Å²) < 4.78 is 1.10. The van der Waals surface area contributed by atoms with Crippen LogP contribution in [0.5, 0.6) is 0 Å². The first-order chi connectivity index (χ1) is 8.72. The van der Waals surface area contributed by atoms with Crippen LogP contribution in [0.25, 0.3) is 0 Å². The standard InChI is InChI=1S/C14H21BrN2O/c1-11-6-8-16-10-14(7-9-18)17(11)13-4-2-12(15)3-5-13/h2-5,11,14,16,18H,6-10H2,1H3. The van der Waals surface area contributed by atoms with Crippen LogP contribution in [0.3, 0.4) is 0 Å². The van der Waals surface area contributed by atoms with Gasteiger partial charge in [-0.25, -0.2) is 0 Å². The lowest BCUT2D eigenvalue weighted by atomic mass is 10.1. The zero-order valence-electron chi connectivity index (χ0n) is 10.8. The van der Waals surface area contributed by atoms with Crippen LogP contribution in [0, 0.1) is 0 Å². The second-order valence-electron chi connectivity index (χ2n) is 4.89. The summed E-state index contributed by atoms with van der Waals surface area (Å²) in [4.78, 5) is 2.45. The number of hydrogen-bond acceptors (Lipinski definition) is 3. The van der Waals surface area contributed by atoms with Crippen LogP contribution in [0.15, 0.2) is 28.7 Å². The molecule has 0 bridgehead atoms. The number of benzene rings is 1. The molecular weight excluding hydrogens is 292 g/mol. The van der Waals surface area contributed by atoms with Gasteiger partial charge in [0.2, 0.25) is 0 Å². The van der Waals surface area contributed by atoms with E-state index in [1.807, 2.05) is 0 Å². The lowest BCUT2D eigenvalue weighted by molar-refractivity contribution is 0.271. The van der Waals surface area contributed by atoms with Crippen LogP contribution in [0.4, 0.5) is 5.69 Å². The number of aliphatic hydroxyl groups is 1. The Balaban J connectivity index is 2.24. The maximum atomic E-state index is 9.24. The molecule has 0 spiro atoms. The first-order valence-electron chi connectivity index (χ1n) is 6.58. The molecule has 0 radical (unpaired) electrons. The molecule has 100 valence electrons. The van der Waals surface area contributed by atoms with E-state index in [0.717, 1.165) is 30.4 Å². The van der Waals surface area contributed by atoms with Crippen LogP contribution < -0.4 is 10.2 Å². The molecule has 1 aromatic rings. The van der Waals surface area contributed by atoms with Gasteiger partial charge in [0.05, 0.1) is 0 Å². The summed E-state index contributed by atoms with van der Waals surface area (Å²) in [6, 6.07) is 9.32. The van der Waals surface area contributed by atoms with Gasteiger partial charge in [-0.05, 0) is 50.6 Å². The molecule has 0 aliphatic carbocycles. The van der Waals surface area contributed by atoms with Gasteiger partial charge < -0.3 is 15.3 Å². The highest BCUT2D eigenvalue weighted by atomic mass is 79.9. The Hall–Kier alpha value is -0.580. The molecule has 2 atom stereocenters. The second kappa shape index (κ2) is 6.55. The van der Waals surface area contributed by atoms with E-state index in [1.165, 1.54) is 5.69 Å². The quantitative estimate of drug-likeness (QED) is 0.899. The van der Waals surface area contributed by atoms with Crippen molar-refractivity contribution in [2.75, 3.05) is 24.6 Å². The van der Waals surface area contributed by atoms with Gasteiger partial charge in [0, 0.05) is 35.4 Å². The van der Waals surface area contributed by atoms with Crippen molar-refractivity contribution in [1.29, 1.82) is 0 Å². The SMILES string of the molecule is CC1CCNCC(CCO)N1c1ccc(Br)cc1. The molecule has 2 N–H and O–H groups in total. The van der Waals surface area contributed by atoms with Crippen LogP contribution in [0.1, 0.15) is 19.8 Å². The average molecular weight is 313 g/mol. The maximum absolute atomic E-state index is 9.24. The molecule has 0 saturated carbocycles. The van der Waals surface area contributed by atoms with E-state index < -0.39 is 0 Å². The summed E-state index contributed by atoms with van der Waals surface area (Å²) in [5.74, 6) is 0. The monoisotopic (exact) mass is 312 g/mol. The zero-order valence-corrected chi connectivity index (χ0v) is 12.4. The molecule has 1 aliphatic heterocycles. The predicted octanol–water partition coefficient (Wildman–Crippen LogP) is 2.39. The first kappa shape index (κ1) is 13.8. The van der Waals surface area contributed by atoms with Crippen LogP contribution in [-0.2, 0) is 0 Å². The molecule has 3 nitrogen and oxygen atoms in total. The third-order valence-corrected chi connectivity index (χ3v) is 4.10. The Labute approximate surface area is 117 Å². The minimum Gasteiger partial charge on any atom is -0.396 e. The minimum absolute atomic E-state index is 0.242. The van der Waals surface area contributed by atoms with Crippen molar-refractivity contribution >= 4 is 21.6 Å². The molecule has 1 aliphatic rings. The van der Waals surface area contributed by atoms with Gasteiger partial charge in [-0.2, -0.15) is 0 Å². The van der Waals surface area contributed by atoms with E-state index in [9.17, 15) is 5.11 Å². The lowest BCUT2D eigenvalue weighted by Crippen LogP contribution is -2.44. The summed E-state index contributed by atoms with van der Waals surface area (Å²) in [7, 11) is 0. The summed E-state index contributed by atoms with van der Waals surface area (Å²) in [5, 5.41) is 12.7. The Kier molecular flexibility index (Phi) is 5.03. The van der Waals surface area contributed by atoms with Crippen molar-refractivity contribution in [2.24, 2.45) is 0 Å². The molecule has 2 rings (SSSR count). The fraction of sp³-hybridized carbons (Fsp3) is 0.571. The third-order valence-electron chi connectivity index (χ3n) is 3.57. The van der Waals surface area contributed by atoms with Crippen molar-refractivity contribution in [3.8, 4) is 0 Å². The van der Waals surface area contributed by atoms with Crippen molar-refractivity contribution in [2.45, 2.75) is 31.8 Å². The van der Waals surface area contributed by atoms with Crippen LogP contribution >= 0.6 is 15.9 Å². The molecule has 1 heterocycles. The highest BCUT2D eigenvalue weighted by molar-refractivity contribution is 9.10. The molecule has 0 amide bonds. The van der Waals surface area contributed by atoms with Crippen molar-refractivity contribution < 1.29 is 5.11 Å². The minimum atomic E-state index is 0.242. The number of anilines is 1. The highest BCUT2D eigenvalue weighted by Gasteiger charge is 2.25. The van der Waals surface area contributed by atoms with E-state index in [1.54, 1.807) is 0 Å². The highest BCUT2D eigenvalue weighted by Crippen LogP contribution is 2.25. The fourth-order valence-electron chi connectivity index (χ4n) is 2.65. The van der Waals surface area contributed by atoms with E-state index in [-0.39, 0.29) is 6.61 Å². The molecule has 1 saturated heterocycles. The molecule has 4 heteroatoms. The van der Waals surface area contributed by atoms with Crippen molar-refractivity contribution in [3.63, 3.8) is 0 Å². The van der Waals surface area contributed by atoms with E-state index in [4.69, 9.17) is 0 Å². The molecule has 2 unspecified atom stereocenters. The molecule has 1 aromatic carbocycles. The summed E-state index contributed by atoms with van der Waals surface area (Å²) in [5.41, 5.74) is 1.24. The Morgan fingerprint density at radius 1 is 1.39 bits per heavy atom. The summed E-state index contributed by atoms with van der Waals surface area (Å²) in [6.45, 7) is 4.50. The van der Waals surface area contributed by atoms with E-state index >= 15 is 0 Å². The molecule has 18 heavy (non-hydrogen) atoms. The number of halogens is 1. The summed E-state index contributed by atoms with van der Waals surface area (Å²) in [6.07, 6.45) is 1.95. The predicted molar refractivity (Wildman–Crippen MR) is 79.1 cm³/mol. The van der Waals surface area contributed by atoms with Gasteiger partial charge in [0.25, 0.3) is 0 Å². The number of aliphatic hydroxyl groups excluding tert-OH is 1. The molecule has 0 aromatic heterocycles. The van der Waals surface area contributed by atoms with Gasteiger partial charge in [-0.3, -0.25) is 0 Å². The van der Waals surface area contributed by atoms with Crippen molar-refractivity contribution in [1.82, 2.24) is 5.32 Å². The maximum Gasteiger partial charge on any atom is 0.0451 e. The van der Waals surface area contributed by atoms with Gasteiger partial charge >= 0.3 is 0 Å². The number of nitrogens with one attached hydrogen (secondary N) is 1. The summed E-state index contributed by atoms with van der Waals surface area (Å²) >= 11 is 3.48. The Morgan fingerprint density at radius 2 is 2.11 bits per heavy atom. The number of nitrogens with zero attached hydrogens (tertiary/aromatic N) is 1. The largest absolute Gasteiger partial charge is 0.396 e. The van der Waals surface area contributed by atoms with Gasteiger partial charge in [-0.1, -0.05) is 15.9 Å². The van der Waals surface area contributed by atoms with E-state index in [2.05, 4.69) is 57.3 Å². The lowest BCUT2D eigenvalue weighted by Gasteiger charge is -2.36. The number of hydrogen-bond donors (Lipinski definition) is 2. The average Bonchev–Trinajstić information content (AvgIpc) is 2.53. The second-order valence-corrected chi connectivity index (χ2v) is 5.81. The number of rotatable bonds is 3. The molecule has 1 fully saturated rings. The van der Waals surface area contributed by atoms with Gasteiger partial charge in [0.1, 0.15) is 0 Å². The topological polar surface area (TPSA) is 35.5 Å².